The molecule has 4 heterocycles. The van der Waals surface area contributed by atoms with Gasteiger partial charge in [0.1, 0.15) is 11.5 Å². The van der Waals surface area contributed by atoms with Crippen molar-refractivity contribution in [3.8, 4) is 11.5 Å². The second-order valence-electron chi connectivity index (χ2n) is 10.4. The summed E-state index contributed by atoms with van der Waals surface area (Å²) in [6.07, 6.45) is 2.23. The Hall–Kier alpha value is -1.87. The summed E-state index contributed by atoms with van der Waals surface area (Å²) in [5.41, 5.74) is -0.603. The van der Waals surface area contributed by atoms with Crippen molar-refractivity contribution < 1.29 is 38.3 Å². The van der Waals surface area contributed by atoms with E-state index in [0.29, 0.717) is 29.9 Å². The molecule has 3 unspecified atom stereocenters. The Morgan fingerprint density at radius 2 is 1.82 bits per heavy atom. The van der Waals surface area contributed by atoms with Crippen LogP contribution in [0.25, 0.3) is 0 Å². The summed E-state index contributed by atoms with van der Waals surface area (Å²) in [5.74, 6) is 1.15. The van der Waals surface area contributed by atoms with E-state index in [9.17, 15) is 4.79 Å². The first-order chi connectivity index (χ1) is 16.3. The minimum absolute atomic E-state index is 0.0840. The molecule has 8 nitrogen and oxygen atoms in total. The molecule has 5 aliphatic rings. The smallest absolute Gasteiger partial charge is 0.347 e. The number of esters is 1. The van der Waals surface area contributed by atoms with Crippen LogP contribution in [0, 0.1) is 23.7 Å². The summed E-state index contributed by atoms with van der Waals surface area (Å²) in [7, 11) is 0. The van der Waals surface area contributed by atoms with Gasteiger partial charge in [-0.2, -0.15) is 0 Å². The van der Waals surface area contributed by atoms with Gasteiger partial charge in [0.2, 0.25) is 12.1 Å². The van der Waals surface area contributed by atoms with Crippen molar-refractivity contribution in [2.45, 2.75) is 90.4 Å². The second kappa shape index (κ2) is 8.97. The number of fused-ring (bicyclic) bond motifs is 2. The third kappa shape index (κ3) is 3.98. The molecule has 0 N–H and O–H groups in total. The zero-order chi connectivity index (χ0) is 24.1. The molecule has 1 aromatic rings. The van der Waals surface area contributed by atoms with Crippen LogP contribution in [-0.2, 0) is 28.8 Å². The molecule has 5 fully saturated rings. The maximum Gasteiger partial charge on any atom is 0.347 e. The zero-order valence-electron chi connectivity index (χ0n) is 20.7. The monoisotopic (exact) mass is 476 g/mol. The second-order valence-corrected chi connectivity index (χ2v) is 10.4. The van der Waals surface area contributed by atoms with Gasteiger partial charge in [-0.05, 0) is 76.1 Å². The lowest BCUT2D eigenvalue weighted by molar-refractivity contribution is -0.575. The average molecular weight is 477 g/mol. The van der Waals surface area contributed by atoms with Crippen LogP contribution in [0.3, 0.4) is 0 Å². The molecule has 1 spiro atoms. The molecule has 34 heavy (non-hydrogen) atoms. The normalized spacial score (nSPS) is 41.7. The van der Waals surface area contributed by atoms with E-state index in [1.165, 1.54) is 0 Å². The highest BCUT2D eigenvalue weighted by molar-refractivity contribution is 5.74. The van der Waals surface area contributed by atoms with Crippen molar-refractivity contribution in [3.63, 3.8) is 0 Å². The first-order valence-corrected chi connectivity index (χ1v) is 12.6. The molecule has 8 heteroatoms. The number of rotatable bonds is 6. The largest absolute Gasteiger partial charge is 0.479 e. The van der Waals surface area contributed by atoms with E-state index >= 15 is 0 Å². The molecular weight excluding hydrogens is 440 g/mol. The SMILES string of the molecule is CCOC(=O)C(C)Oc1ccc(O[C@H]2O[C@@H]3O[C@]4(C)CCC5[C@H](C)CCC([C@H]2C)[C@]53OO4)cc1. The van der Waals surface area contributed by atoms with Gasteiger partial charge in [0, 0.05) is 18.3 Å². The van der Waals surface area contributed by atoms with Gasteiger partial charge in [0.25, 0.3) is 0 Å². The van der Waals surface area contributed by atoms with Crippen molar-refractivity contribution in [2.24, 2.45) is 23.7 Å². The zero-order valence-corrected chi connectivity index (χ0v) is 20.7. The topological polar surface area (TPSA) is 81.7 Å². The van der Waals surface area contributed by atoms with Gasteiger partial charge in [-0.15, -0.1) is 0 Å². The van der Waals surface area contributed by atoms with E-state index in [-0.39, 0.29) is 17.8 Å². The number of ether oxygens (including phenoxy) is 5. The molecule has 4 aliphatic heterocycles. The van der Waals surface area contributed by atoms with Gasteiger partial charge in [-0.1, -0.05) is 13.8 Å². The van der Waals surface area contributed by atoms with Gasteiger partial charge in [0.15, 0.2) is 18.0 Å². The minimum atomic E-state index is -0.808. The van der Waals surface area contributed by atoms with Crippen LogP contribution in [-0.4, -0.2) is 42.6 Å². The lowest BCUT2D eigenvalue weighted by Gasteiger charge is -2.60. The van der Waals surface area contributed by atoms with Crippen molar-refractivity contribution in [1.29, 1.82) is 0 Å². The Labute approximate surface area is 201 Å². The molecule has 0 radical (unpaired) electrons. The Bertz CT molecular complexity index is 889. The Kier molecular flexibility index (Phi) is 6.29. The fourth-order valence-corrected chi connectivity index (χ4v) is 6.25. The quantitative estimate of drug-likeness (QED) is 0.435. The van der Waals surface area contributed by atoms with Crippen molar-refractivity contribution in [2.75, 3.05) is 6.61 Å². The summed E-state index contributed by atoms with van der Waals surface area (Å²) in [5, 5.41) is 0. The molecule has 9 atom stereocenters. The average Bonchev–Trinajstić information content (AvgIpc) is 3.04. The molecule has 2 bridgehead atoms. The maximum absolute atomic E-state index is 11.8. The number of benzene rings is 1. The van der Waals surface area contributed by atoms with Gasteiger partial charge < -0.3 is 23.7 Å². The van der Waals surface area contributed by atoms with Crippen molar-refractivity contribution in [1.82, 2.24) is 0 Å². The molecule has 1 saturated carbocycles. The van der Waals surface area contributed by atoms with Gasteiger partial charge in [-0.25, -0.2) is 14.6 Å². The first-order valence-electron chi connectivity index (χ1n) is 12.6. The van der Waals surface area contributed by atoms with Crippen LogP contribution in [0.5, 0.6) is 11.5 Å². The van der Waals surface area contributed by atoms with E-state index in [1.807, 2.05) is 19.1 Å². The van der Waals surface area contributed by atoms with Crippen LogP contribution < -0.4 is 9.47 Å². The van der Waals surface area contributed by atoms with Crippen LogP contribution >= 0.6 is 0 Å². The first kappa shape index (κ1) is 23.9. The number of hydrogen-bond donors (Lipinski definition) is 0. The summed E-state index contributed by atoms with van der Waals surface area (Å²) in [6.45, 7) is 10.1. The predicted molar refractivity (Wildman–Crippen MR) is 121 cm³/mol. The Morgan fingerprint density at radius 1 is 1.09 bits per heavy atom. The number of carbonyl (C=O) groups excluding carboxylic acids is 1. The standard InChI is InChI=1S/C26H36O8/c1-6-28-22(27)17(4)29-18-8-10-19(11-9-18)30-23-16(3)21-12-7-15(2)20-13-14-25(5)32-24(31-23)26(20,21)34-33-25/h8-11,15-17,20-21,23-24H,6-7,12-14H2,1-5H3/t15-,16-,17?,20?,21?,23+,24-,25+,26-/m1/s1. The summed E-state index contributed by atoms with van der Waals surface area (Å²) >= 11 is 0. The predicted octanol–water partition coefficient (Wildman–Crippen LogP) is 4.60. The molecule has 188 valence electrons. The molecule has 6 rings (SSSR count). The van der Waals surface area contributed by atoms with Crippen LogP contribution in [0.15, 0.2) is 24.3 Å². The van der Waals surface area contributed by atoms with Crippen molar-refractivity contribution in [3.05, 3.63) is 24.3 Å². The third-order valence-electron chi connectivity index (χ3n) is 8.10. The lowest BCUT2D eigenvalue weighted by atomic mass is 9.58. The van der Waals surface area contributed by atoms with E-state index in [1.54, 1.807) is 26.0 Å². The van der Waals surface area contributed by atoms with E-state index in [2.05, 4.69) is 13.8 Å². The fourth-order valence-electron chi connectivity index (χ4n) is 6.25. The Balaban J connectivity index is 1.31. The van der Waals surface area contributed by atoms with E-state index in [4.69, 9.17) is 33.5 Å². The van der Waals surface area contributed by atoms with Gasteiger partial charge >= 0.3 is 5.97 Å². The Morgan fingerprint density at radius 3 is 2.56 bits per heavy atom. The summed E-state index contributed by atoms with van der Waals surface area (Å²) in [6, 6.07) is 7.20. The molecule has 1 aliphatic carbocycles. The van der Waals surface area contributed by atoms with Gasteiger partial charge in [0.05, 0.1) is 6.61 Å². The van der Waals surface area contributed by atoms with E-state index in [0.717, 1.165) is 25.7 Å². The highest BCUT2D eigenvalue weighted by atomic mass is 17.3. The lowest BCUT2D eigenvalue weighted by Crippen LogP contribution is -2.70. The van der Waals surface area contributed by atoms with Gasteiger partial charge in [-0.3, -0.25) is 0 Å². The molecule has 0 amide bonds. The third-order valence-corrected chi connectivity index (χ3v) is 8.10. The summed E-state index contributed by atoms with van der Waals surface area (Å²) in [4.78, 5) is 23.9. The number of hydrogen-bond acceptors (Lipinski definition) is 8. The highest BCUT2D eigenvalue weighted by Crippen LogP contribution is 2.60. The molecule has 4 saturated heterocycles. The van der Waals surface area contributed by atoms with Crippen LogP contribution in [0.1, 0.15) is 60.3 Å². The fraction of sp³-hybridized carbons (Fsp3) is 0.731. The van der Waals surface area contributed by atoms with Crippen LogP contribution in [0.4, 0.5) is 0 Å². The minimum Gasteiger partial charge on any atom is -0.479 e. The highest BCUT2D eigenvalue weighted by Gasteiger charge is 2.69. The van der Waals surface area contributed by atoms with E-state index < -0.39 is 30.1 Å². The van der Waals surface area contributed by atoms with Crippen molar-refractivity contribution >= 4 is 5.97 Å². The number of carbonyl (C=O) groups is 1. The molecule has 0 aromatic heterocycles. The van der Waals surface area contributed by atoms with Crippen LogP contribution in [0.2, 0.25) is 0 Å². The molecule has 1 aromatic carbocycles. The maximum atomic E-state index is 11.8. The molecular formula is C26H36O8. The summed E-state index contributed by atoms with van der Waals surface area (Å²) < 4.78 is 29.8.